The van der Waals surface area contributed by atoms with Crippen LogP contribution >= 0.6 is 0 Å². The van der Waals surface area contributed by atoms with E-state index < -0.39 is 18.8 Å². The van der Waals surface area contributed by atoms with Gasteiger partial charge in [-0.25, -0.2) is 4.79 Å². The lowest BCUT2D eigenvalue weighted by Crippen LogP contribution is -2.31. The monoisotopic (exact) mass is 342 g/mol. The van der Waals surface area contributed by atoms with Gasteiger partial charge in [-0.2, -0.15) is 13.2 Å². The second-order valence-electron chi connectivity index (χ2n) is 5.40. The standard InChI is InChI=1S/C16H17F3N2O3/c1-10-6-14(15(22)23)20-9-21(10)11(2)12-4-3-5-13(7-12)24-8-16(17,18)19/h3-7,11H,8-9H2,1-2H3,(H,22,23). The zero-order valence-corrected chi connectivity index (χ0v) is 13.2. The second-order valence-corrected chi connectivity index (χ2v) is 5.40. The van der Waals surface area contributed by atoms with Gasteiger partial charge in [0.15, 0.2) is 6.61 Å². The van der Waals surface area contributed by atoms with Crippen molar-refractivity contribution in [1.29, 1.82) is 0 Å². The van der Waals surface area contributed by atoms with Crippen molar-refractivity contribution in [3.05, 3.63) is 41.6 Å². The maximum absolute atomic E-state index is 12.2. The third kappa shape index (κ3) is 4.50. The van der Waals surface area contributed by atoms with E-state index in [1.807, 2.05) is 11.8 Å². The maximum Gasteiger partial charge on any atom is 0.422 e. The van der Waals surface area contributed by atoms with Gasteiger partial charge in [0.2, 0.25) is 0 Å². The Morgan fingerprint density at radius 1 is 1.46 bits per heavy atom. The van der Waals surface area contributed by atoms with Crippen LogP contribution in [0.3, 0.4) is 0 Å². The summed E-state index contributed by atoms with van der Waals surface area (Å²) in [6.07, 6.45) is -2.93. The maximum atomic E-state index is 12.2. The van der Waals surface area contributed by atoms with Crippen molar-refractivity contribution in [1.82, 2.24) is 4.90 Å². The molecule has 0 aromatic heterocycles. The zero-order chi connectivity index (χ0) is 17.9. The van der Waals surface area contributed by atoms with Crippen LogP contribution in [0.15, 0.2) is 41.0 Å². The Morgan fingerprint density at radius 2 is 2.17 bits per heavy atom. The van der Waals surface area contributed by atoms with Crippen LogP contribution in [0, 0.1) is 0 Å². The number of alkyl halides is 3. The highest BCUT2D eigenvalue weighted by Gasteiger charge is 2.28. The summed E-state index contributed by atoms with van der Waals surface area (Å²) in [5.41, 5.74) is 1.45. The van der Waals surface area contributed by atoms with E-state index in [1.165, 1.54) is 12.1 Å². The van der Waals surface area contributed by atoms with Gasteiger partial charge in [0.1, 0.15) is 18.1 Å². The van der Waals surface area contributed by atoms with Gasteiger partial charge in [-0.1, -0.05) is 12.1 Å². The molecule has 24 heavy (non-hydrogen) atoms. The Bertz CT molecular complexity index is 683. The Labute approximate surface area is 137 Å². The van der Waals surface area contributed by atoms with E-state index in [9.17, 15) is 18.0 Å². The molecule has 0 saturated carbocycles. The average Bonchev–Trinajstić information content (AvgIpc) is 2.51. The van der Waals surface area contributed by atoms with Gasteiger partial charge in [-0.15, -0.1) is 0 Å². The van der Waals surface area contributed by atoms with Gasteiger partial charge in [0.05, 0.1) is 6.04 Å². The molecule has 5 nitrogen and oxygen atoms in total. The number of carboxylic acids is 1. The molecule has 1 aliphatic rings. The molecule has 0 fully saturated rings. The van der Waals surface area contributed by atoms with Crippen molar-refractivity contribution in [3.63, 3.8) is 0 Å². The number of halogens is 3. The Balaban J connectivity index is 2.12. The Kier molecular flexibility index (Phi) is 5.16. The second kappa shape index (κ2) is 6.94. The normalized spacial score (nSPS) is 16.3. The molecular formula is C16H17F3N2O3. The Hall–Kier alpha value is -2.51. The first kappa shape index (κ1) is 17.8. The predicted octanol–water partition coefficient (Wildman–Crippen LogP) is 3.39. The van der Waals surface area contributed by atoms with Crippen LogP contribution in [0.25, 0.3) is 0 Å². The number of hydrogen-bond donors (Lipinski definition) is 1. The van der Waals surface area contributed by atoms with Crippen molar-refractivity contribution in [2.75, 3.05) is 13.3 Å². The van der Waals surface area contributed by atoms with Gasteiger partial charge in [0, 0.05) is 5.70 Å². The molecule has 0 saturated heterocycles. The summed E-state index contributed by atoms with van der Waals surface area (Å²) < 4.78 is 41.5. The van der Waals surface area contributed by atoms with Crippen LogP contribution in [-0.4, -0.2) is 41.1 Å². The minimum Gasteiger partial charge on any atom is -0.484 e. The molecule has 1 atom stereocenters. The highest BCUT2D eigenvalue weighted by Crippen LogP contribution is 2.28. The molecule has 0 amide bonds. The molecule has 1 N–H and O–H groups in total. The number of ether oxygens (including phenoxy) is 1. The highest BCUT2D eigenvalue weighted by atomic mass is 19.4. The number of aliphatic carboxylic acids is 1. The fourth-order valence-corrected chi connectivity index (χ4v) is 2.36. The first-order chi connectivity index (χ1) is 11.2. The molecule has 1 aliphatic heterocycles. The third-order valence-corrected chi connectivity index (χ3v) is 3.62. The summed E-state index contributed by atoms with van der Waals surface area (Å²) in [5, 5.41) is 8.96. The van der Waals surface area contributed by atoms with E-state index in [-0.39, 0.29) is 24.2 Å². The van der Waals surface area contributed by atoms with Crippen molar-refractivity contribution < 1.29 is 27.8 Å². The summed E-state index contributed by atoms with van der Waals surface area (Å²) in [6, 6.07) is 6.19. The van der Waals surface area contributed by atoms with E-state index in [1.54, 1.807) is 25.1 Å². The summed E-state index contributed by atoms with van der Waals surface area (Å²) in [7, 11) is 0. The minimum absolute atomic E-state index is 0.0155. The van der Waals surface area contributed by atoms with Crippen LogP contribution in [0.5, 0.6) is 5.75 Å². The molecule has 2 rings (SSSR count). The fourth-order valence-electron chi connectivity index (χ4n) is 2.36. The van der Waals surface area contributed by atoms with Crippen LogP contribution in [0.4, 0.5) is 13.2 Å². The lowest BCUT2D eigenvalue weighted by Gasteiger charge is -2.33. The molecule has 1 aromatic rings. The summed E-state index contributed by atoms with van der Waals surface area (Å²) in [5.74, 6) is -0.964. The highest BCUT2D eigenvalue weighted by molar-refractivity contribution is 6.40. The number of rotatable bonds is 5. The predicted molar refractivity (Wildman–Crippen MR) is 81.9 cm³/mol. The van der Waals surface area contributed by atoms with Gasteiger partial charge in [-0.3, -0.25) is 4.99 Å². The van der Waals surface area contributed by atoms with Crippen molar-refractivity contribution in [2.45, 2.75) is 26.1 Å². The molecule has 0 radical (unpaired) electrons. The molecular weight excluding hydrogens is 325 g/mol. The summed E-state index contributed by atoms with van der Waals surface area (Å²) in [4.78, 5) is 16.8. The minimum atomic E-state index is -4.39. The lowest BCUT2D eigenvalue weighted by atomic mass is 10.1. The fraction of sp³-hybridized carbons (Fsp3) is 0.375. The number of nitrogens with zero attached hydrogens (tertiary/aromatic N) is 2. The zero-order valence-electron chi connectivity index (χ0n) is 13.2. The summed E-state index contributed by atoms with van der Waals surface area (Å²) in [6.45, 7) is 2.44. The quantitative estimate of drug-likeness (QED) is 0.891. The number of hydrogen-bond acceptors (Lipinski definition) is 4. The summed E-state index contributed by atoms with van der Waals surface area (Å²) >= 11 is 0. The molecule has 1 aromatic carbocycles. The van der Waals surface area contributed by atoms with Crippen molar-refractivity contribution >= 4 is 11.7 Å². The Morgan fingerprint density at radius 3 is 2.75 bits per heavy atom. The number of carboxylic acid groups (broad SMARTS) is 1. The smallest absolute Gasteiger partial charge is 0.422 e. The van der Waals surface area contributed by atoms with Gasteiger partial charge in [0.25, 0.3) is 0 Å². The molecule has 1 unspecified atom stereocenters. The molecule has 0 aliphatic carbocycles. The van der Waals surface area contributed by atoms with E-state index in [4.69, 9.17) is 9.84 Å². The van der Waals surface area contributed by atoms with E-state index in [0.717, 1.165) is 11.3 Å². The lowest BCUT2D eigenvalue weighted by molar-refractivity contribution is -0.153. The number of benzene rings is 1. The van der Waals surface area contributed by atoms with Crippen molar-refractivity contribution in [2.24, 2.45) is 4.99 Å². The molecule has 0 bridgehead atoms. The molecule has 0 spiro atoms. The first-order valence-electron chi connectivity index (χ1n) is 7.19. The van der Waals surface area contributed by atoms with Crippen LogP contribution in [0.1, 0.15) is 25.5 Å². The SMILES string of the molecule is CC1=CC(C(=O)O)=NCN1C(C)c1cccc(OCC(F)(F)F)c1. The molecule has 130 valence electrons. The largest absolute Gasteiger partial charge is 0.484 e. The number of aliphatic imine (C=N–C) groups is 1. The average molecular weight is 342 g/mol. The van der Waals surface area contributed by atoms with Crippen molar-refractivity contribution in [3.8, 4) is 5.75 Å². The van der Waals surface area contributed by atoms with Gasteiger partial charge >= 0.3 is 12.1 Å². The van der Waals surface area contributed by atoms with E-state index in [2.05, 4.69) is 4.99 Å². The number of carbonyl (C=O) groups is 1. The van der Waals surface area contributed by atoms with Gasteiger partial charge < -0.3 is 14.7 Å². The number of allylic oxidation sites excluding steroid dienone is 1. The molecule has 8 heteroatoms. The topological polar surface area (TPSA) is 62.1 Å². The van der Waals surface area contributed by atoms with E-state index in [0.29, 0.717) is 0 Å². The molecule has 1 heterocycles. The first-order valence-corrected chi connectivity index (χ1v) is 7.19. The van der Waals surface area contributed by atoms with Crippen LogP contribution < -0.4 is 4.74 Å². The third-order valence-electron chi connectivity index (χ3n) is 3.62. The van der Waals surface area contributed by atoms with Gasteiger partial charge in [-0.05, 0) is 37.6 Å². The van der Waals surface area contributed by atoms with E-state index >= 15 is 0 Å². The van der Waals surface area contributed by atoms with Crippen LogP contribution in [0.2, 0.25) is 0 Å². The van der Waals surface area contributed by atoms with Crippen LogP contribution in [-0.2, 0) is 4.79 Å².